The van der Waals surface area contributed by atoms with Gasteiger partial charge in [-0.3, -0.25) is 9.36 Å². The van der Waals surface area contributed by atoms with Crippen LogP contribution in [0, 0.1) is 0 Å². The highest BCUT2D eigenvalue weighted by Gasteiger charge is 2.15. The number of fused-ring (bicyclic) bond motifs is 1. The van der Waals surface area contributed by atoms with Gasteiger partial charge in [-0.25, -0.2) is 0 Å². The molecule has 0 radical (unpaired) electrons. The molecule has 4 heteroatoms. The Morgan fingerprint density at radius 1 is 0.929 bits per heavy atom. The minimum Gasteiger partial charge on any atom is -0.486 e. The molecule has 0 atom stereocenters. The van der Waals surface area contributed by atoms with Crippen LogP contribution >= 0.6 is 0 Å². The molecule has 0 bridgehead atoms. The Hall–Kier alpha value is -3.01. The van der Waals surface area contributed by atoms with Crippen LogP contribution in [0.15, 0.2) is 65.6 Å². The van der Waals surface area contributed by atoms with Crippen molar-refractivity contribution in [2.24, 2.45) is 0 Å². The smallest absolute Gasteiger partial charge is 0.258 e. The zero-order chi connectivity index (χ0) is 19.7. The molecule has 4 nitrogen and oxygen atoms in total. The molecule has 28 heavy (non-hydrogen) atoms. The maximum Gasteiger partial charge on any atom is 0.258 e. The van der Waals surface area contributed by atoms with Gasteiger partial charge in [-0.05, 0) is 34.7 Å². The van der Waals surface area contributed by atoms with E-state index in [1.165, 1.54) is 5.56 Å². The summed E-state index contributed by atoms with van der Waals surface area (Å²) in [5.74, 6) is 1.40. The molecule has 4 rings (SSSR count). The van der Waals surface area contributed by atoms with Crippen molar-refractivity contribution >= 4 is 0 Å². The molecule has 0 saturated heterocycles. The number of aromatic nitrogens is 1. The number of benzene rings is 2. The van der Waals surface area contributed by atoms with E-state index in [1.54, 1.807) is 10.8 Å². The van der Waals surface area contributed by atoms with Crippen LogP contribution in [0.5, 0.6) is 11.5 Å². The fraction of sp³-hybridized carbons (Fsp3) is 0.292. The first kappa shape index (κ1) is 18.4. The topological polar surface area (TPSA) is 40.5 Å². The predicted molar refractivity (Wildman–Crippen MR) is 111 cm³/mol. The third-order valence-electron chi connectivity index (χ3n) is 5.04. The number of rotatable bonds is 3. The molecule has 2 heterocycles. The van der Waals surface area contributed by atoms with E-state index in [2.05, 4.69) is 45.0 Å². The highest BCUT2D eigenvalue weighted by molar-refractivity contribution is 5.49. The quantitative estimate of drug-likeness (QED) is 0.677. The van der Waals surface area contributed by atoms with Crippen LogP contribution < -0.4 is 15.0 Å². The third-order valence-corrected chi connectivity index (χ3v) is 5.04. The van der Waals surface area contributed by atoms with Gasteiger partial charge in [0.25, 0.3) is 5.56 Å². The molecular weight excluding hydrogens is 350 g/mol. The van der Waals surface area contributed by atoms with Gasteiger partial charge in [0, 0.05) is 24.2 Å². The van der Waals surface area contributed by atoms with Crippen molar-refractivity contribution in [1.29, 1.82) is 0 Å². The highest BCUT2D eigenvalue weighted by atomic mass is 16.6. The summed E-state index contributed by atoms with van der Waals surface area (Å²) in [6.45, 7) is 7.67. The minimum absolute atomic E-state index is 0.0147. The Morgan fingerprint density at radius 2 is 1.64 bits per heavy atom. The summed E-state index contributed by atoms with van der Waals surface area (Å²) >= 11 is 0. The maximum absolute atomic E-state index is 13.1. The monoisotopic (exact) mass is 375 g/mol. The van der Waals surface area contributed by atoms with Gasteiger partial charge in [0.1, 0.15) is 13.2 Å². The van der Waals surface area contributed by atoms with Crippen LogP contribution in [0.1, 0.15) is 37.5 Å². The van der Waals surface area contributed by atoms with E-state index in [9.17, 15) is 4.79 Å². The number of nitrogens with zero attached hydrogens (tertiary/aromatic N) is 1. The largest absolute Gasteiger partial charge is 0.486 e. The molecule has 0 fully saturated rings. The Bertz CT molecular complexity index is 1040. The maximum atomic E-state index is 13.1. The molecule has 0 unspecified atom stereocenters. The molecule has 1 aromatic heterocycles. The van der Waals surface area contributed by atoms with E-state index in [4.69, 9.17) is 9.47 Å². The van der Waals surface area contributed by atoms with Gasteiger partial charge in [0.15, 0.2) is 11.5 Å². The van der Waals surface area contributed by atoms with Crippen LogP contribution in [0.25, 0.3) is 5.69 Å². The summed E-state index contributed by atoms with van der Waals surface area (Å²) < 4.78 is 12.9. The fourth-order valence-corrected chi connectivity index (χ4v) is 3.40. The third kappa shape index (κ3) is 3.68. The molecule has 0 spiro atoms. The zero-order valence-corrected chi connectivity index (χ0v) is 16.6. The van der Waals surface area contributed by atoms with Crippen molar-refractivity contribution in [3.05, 3.63) is 87.8 Å². The zero-order valence-electron chi connectivity index (χ0n) is 16.6. The van der Waals surface area contributed by atoms with Crippen LogP contribution in [0.3, 0.4) is 0 Å². The van der Waals surface area contributed by atoms with Gasteiger partial charge < -0.3 is 9.47 Å². The van der Waals surface area contributed by atoms with Gasteiger partial charge in [0.05, 0.1) is 5.69 Å². The SMILES string of the molecule is CC(C)(C)c1ccc(Cc2cccn(-c3ccc4c(c3)OCCO4)c2=O)cc1. The van der Waals surface area contributed by atoms with Crippen LogP contribution in [-0.2, 0) is 11.8 Å². The molecule has 0 amide bonds. The molecule has 0 saturated carbocycles. The van der Waals surface area contributed by atoms with Gasteiger partial charge in [-0.2, -0.15) is 0 Å². The molecule has 0 N–H and O–H groups in total. The number of hydrogen-bond donors (Lipinski definition) is 0. The lowest BCUT2D eigenvalue weighted by molar-refractivity contribution is 0.171. The second-order valence-corrected chi connectivity index (χ2v) is 8.16. The number of hydrogen-bond acceptors (Lipinski definition) is 3. The molecular formula is C24H25NO3. The standard InChI is InChI=1S/C24H25NO3/c1-24(2,3)19-8-6-17(7-9-19)15-18-5-4-12-25(23(18)26)20-10-11-21-22(16-20)28-14-13-27-21/h4-12,16H,13-15H2,1-3H3. The van der Waals surface area contributed by atoms with Crippen molar-refractivity contribution in [2.75, 3.05) is 13.2 Å². The fourth-order valence-electron chi connectivity index (χ4n) is 3.40. The van der Waals surface area contributed by atoms with E-state index in [-0.39, 0.29) is 11.0 Å². The highest BCUT2D eigenvalue weighted by Crippen LogP contribution is 2.31. The first-order chi connectivity index (χ1) is 13.4. The summed E-state index contributed by atoms with van der Waals surface area (Å²) in [4.78, 5) is 13.1. The molecule has 2 aromatic carbocycles. The van der Waals surface area contributed by atoms with Crippen LogP contribution in [0.2, 0.25) is 0 Å². The van der Waals surface area contributed by atoms with Crippen molar-refractivity contribution in [2.45, 2.75) is 32.6 Å². The van der Waals surface area contributed by atoms with Gasteiger partial charge in [-0.15, -0.1) is 0 Å². The lowest BCUT2D eigenvalue weighted by atomic mass is 9.86. The van der Waals surface area contributed by atoms with Crippen molar-refractivity contribution in [1.82, 2.24) is 4.57 Å². The molecule has 144 valence electrons. The second kappa shape index (κ2) is 7.19. The Labute approximate surface area is 165 Å². The van der Waals surface area contributed by atoms with Gasteiger partial charge in [0.2, 0.25) is 0 Å². The Balaban J connectivity index is 1.63. The van der Waals surface area contributed by atoms with E-state index in [0.29, 0.717) is 25.4 Å². The predicted octanol–water partition coefficient (Wildman–Crippen LogP) is 4.50. The van der Waals surface area contributed by atoms with Crippen molar-refractivity contribution < 1.29 is 9.47 Å². The van der Waals surface area contributed by atoms with Crippen molar-refractivity contribution in [3.8, 4) is 17.2 Å². The second-order valence-electron chi connectivity index (χ2n) is 8.16. The van der Waals surface area contributed by atoms with E-state index < -0.39 is 0 Å². The summed E-state index contributed by atoms with van der Waals surface area (Å²) in [5.41, 5.74) is 4.07. The van der Waals surface area contributed by atoms with Crippen molar-refractivity contribution in [3.63, 3.8) is 0 Å². The van der Waals surface area contributed by atoms with Gasteiger partial charge in [-0.1, -0.05) is 51.1 Å². The van der Waals surface area contributed by atoms with E-state index >= 15 is 0 Å². The normalized spacial score (nSPS) is 13.4. The first-order valence-electron chi connectivity index (χ1n) is 9.62. The van der Waals surface area contributed by atoms with Gasteiger partial charge >= 0.3 is 0 Å². The Morgan fingerprint density at radius 3 is 2.36 bits per heavy atom. The average Bonchev–Trinajstić information content (AvgIpc) is 2.69. The number of ether oxygens (including phenoxy) is 2. The molecule has 3 aromatic rings. The summed E-state index contributed by atoms with van der Waals surface area (Å²) in [6.07, 6.45) is 2.40. The lowest BCUT2D eigenvalue weighted by Crippen LogP contribution is -2.22. The van der Waals surface area contributed by atoms with Crippen LogP contribution in [-0.4, -0.2) is 17.8 Å². The molecule has 1 aliphatic heterocycles. The first-order valence-corrected chi connectivity index (χ1v) is 9.62. The minimum atomic E-state index is -0.0147. The molecule has 1 aliphatic rings. The van der Waals surface area contributed by atoms with E-state index in [1.807, 2.05) is 30.3 Å². The molecule has 0 aliphatic carbocycles. The summed E-state index contributed by atoms with van der Waals surface area (Å²) in [6, 6.07) is 17.9. The van der Waals surface area contributed by atoms with E-state index in [0.717, 1.165) is 22.6 Å². The average molecular weight is 375 g/mol. The lowest BCUT2D eigenvalue weighted by Gasteiger charge is -2.19. The Kier molecular flexibility index (Phi) is 4.71. The number of pyridine rings is 1. The summed E-state index contributed by atoms with van der Waals surface area (Å²) in [5, 5.41) is 0. The van der Waals surface area contributed by atoms with Crippen LogP contribution in [0.4, 0.5) is 0 Å². The summed E-state index contributed by atoms with van der Waals surface area (Å²) in [7, 11) is 0.